The SMILES string of the molecule is CCCC(C)Cn1ccc2cc(C=O)ccc21. The summed E-state index contributed by atoms with van der Waals surface area (Å²) >= 11 is 0. The highest BCUT2D eigenvalue weighted by atomic mass is 16.1. The lowest BCUT2D eigenvalue weighted by molar-refractivity contribution is 0.112. The summed E-state index contributed by atoms with van der Waals surface area (Å²) in [5, 5.41) is 1.15. The number of aromatic nitrogens is 1. The third kappa shape index (κ3) is 2.57. The molecule has 0 N–H and O–H groups in total. The minimum absolute atomic E-state index is 0.696. The molecule has 0 aliphatic heterocycles. The van der Waals surface area contributed by atoms with Crippen LogP contribution in [0.4, 0.5) is 0 Å². The van der Waals surface area contributed by atoms with Gasteiger partial charge in [-0.3, -0.25) is 4.79 Å². The van der Waals surface area contributed by atoms with Crippen LogP contribution in [0.25, 0.3) is 10.9 Å². The van der Waals surface area contributed by atoms with Gasteiger partial charge in [-0.05, 0) is 36.6 Å². The van der Waals surface area contributed by atoms with E-state index < -0.39 is 0 Å². The summed E-state index contributed by atoms with van der Waals surface area (Å²) < 4.78 is 2.28. The Morgan fingerprint density at radius 3 is 2.88 bits per heavy atom. The van der Waals surface area contributed by atoms with Crippen molar-refractivity contribution in [3.05, 3.63) is 36.0 Å². The topological polar surface area (TPSA) is 22.0 Å². The number of carbonyl (C=O) groups excluding carboxylic acids is 1. The predicted octanol–water partition coefficient (Wildman–Crippen LogP) is 3.89. The van der Waals surface area contributed by atoms with Gasteiger partial charge in [-0.25, -0.2) is 0 Å². The number of aldehydes is 1. The highest BCUT2D eigenvalue weighted by Crippen LogP contribution is 2.19. The molecule has 90 valence electrons. The largest absolute Gasteiger partial charge is 0.347 e. The van der Waals surface area contributed by atoms with Crippen LogP contribution < -0.4 is 0 Å². The Morgan fingerprint density at radius 2 is 2.18 bits per heavy atom. The summed E-state index contributed by atoms with van der Waals surface area (Å²) in [6.07, 6.45) is 5.50. The Balaban J connectivity index is 2.27. The maximum Gasteiger partial charge on any atom is 0.150 e. The third-order valence-electron chi connectivity index (χ3n) is 3.22. The molecule has 0 bridgehead atoms. The van der Waals surface area contributed by atoms with E-state index in [1.165, 1.54) is 18.4 Å². The van der Waals surface area contributed by atoms with Gasteiger partial charge in [0.2, 0.25) is 0 Å². The van der Waals surface area contributed by atoms with Gasteiger partial charge in [0.1, 0.15) is 6.29 Å². The lowest BCUT2D eigenvalue weighted by atomic mass is 10.1. The Bertz CT molecular complexity index is 513. The number of nitrogens with zero attached hydrogens (tertiary/aromatic N) is 1. The van der Waals surface area contributed by atoms with Crippen LogP contribution in [-0.2, 0) is 6.54 Å². The normalized spacial score (nSPS) is 12.8. The quantitative estimate of drug-likeness (QED) is 0.713. The minimum Gasteiger partial charge on any atom is -0.347 e. The maximum absolute atomic E-state index is 10.7. The molecule has 1 atom stereocenters. The summed E-state index contributed by atoms with van der Waals surface area (Å²) in [6, 6.07) is 7.96. The second kappa shape index (κ2) is 5.17. The Morgan fingerprint density at radius 1 is 1.35 bits per heavy atom. The van der Waals surface area contributed by atoms with Crippen molar-refractivity contribution >= 4 is 17.2 Å². The first kappa shape index (κ1) is 11.9. The standard InChI is InChI=1S/C15H19NO/c1-3-4-12(2)10-16-8-7-14-9-13(11-17)5-6-15(14)16/h5-9,11-12H,3-4,10H2,1-2H3. The molecule has 1 aromatic carbocycles. The highest BCUT2D eigenvalue weighted by Gasteiger charge is 2.05. The second-order valence-corrected chi connectivity index (χ2v) is 4.80. The van der Waals surface area contributed by atoms with E-state index in [9.17, 15) is 4.79 Å². The summed E-state index contributed by atoms with van der Waals surface area (Å²) in [7, 11) is 0. The van der Waals surface area contributed by atoms with E-state index in [4.69, 9.17) is 0 Å². The monoisotopic (exact) mass is 229 g/mol. The van der Waals surface area contributed by atoms with Gasteiger partial charge in [0, 0.05) is 29.2 Å². The lowest BCUT2D eigenvalue weighted by Gasteiger charge is -2.12. The molecule has 1 aromatic heterocycles. The molecule has 0 aliphatic carbocycles. The van der Waals surface area contributed by atoms with E-state index in [0.717, 1.165) is 23.8 Å². The first-order chi connectivity index (χ1) is 8.24. The fourth-order valence-electron chi connectivity index (χ4n) is 2.37. The van der Waals surface area contributed by atoms with Crippen LogP contribution in [0.15, 0.2) is 30.5 Å². The van der Waals surface area contributed by atoms with Crippen LogP contribution >= 0.6 is 0 Å². The molecule has 0 fully saturated rings. The van der Waals surface area contributed by atoms with Gasteiger partial charge in [0.25, 0.3) is 0 Å². The second-order valence-electron chi connectivity index (χ2n) is 4.80. The molecule has 2 nitrogen and oxygen atoms in total. The smallest absolute Gasteiger partial charge is 0.150 e. The average Bonchev–Trinajstić information content (AvgIpc) is 2.72. The van der Waals surface area contributed by atoms with Crippen molar-refractivity contribution in [1.29, 1.82) is 0 Å². The van der Waals surface area contributed by atoms with Crippen molar-refractivity contribution in [3.63, 3.8) is 0 Å². The van der Waals surface area contributed by atoms with E-state index in [1.54, 1.807) is 0 Å². The van der Waals surface area contributed by atoms with Crippen molar-refractivity contribution in [1.82, 2.24) is 4.57 Å². The first-order valence-electron chi connectivity index (χ1n) is 6.28. The van der Waals surface area contributed by atoms with Crippen LogP contribution in [0.3, 0.4) is 0 Å². The molecule has 2 heteroatoms. The fourth-order valence-corrected chi connectivity index (χ4v) is 2.37. The number of benzene rings is 1. The number of hydrogen-bond donors (Lipinski definition) is 0. The zero-order chi connectivity index (χ0) is 12.3. The van der Waals surface area contributed by atoms with Gasteiger partial charge < -0.3 is 4.57 Å². The van der Waals surface area contributed by atoms with Gasteiger partial charge in [-0.15, -0.1) is 0 Å². The molecule has 0 aliphatic rings. The summed E-state index contributed by atoms with van der Waals surface area (Å²) in [5.74, 6) is 0.696. The fraction of sp³-hybridized carbons (Fsp3) is 0.400. The zero-order valence-corrected chi connectivity index (χ0v) is 10.5. The number of fused-ring (bicyclic) bond motifs is 1. The summed E-state index contributed by atoms with van der Waals surface area (Å²) in [6.45, 7) is 5.56. The van der Waals surface area contributed by atoms with Crippen LogP contribution in [0.5, 0.6) is 0 Å². The molecule has 2 rings (SSSR count). The molecular weight excluding hydrogens is 210 g/mol. The van der Waals surface area contributed by atoms with Gasteiger partial charge in [-0.1, -0.05) is 20.3 Å². The third-order valence-corrected chi connectivity index (χ3v) is 3.22. The molecule has 1 heterocycles. The molecule has 0 spiro atoms. The highest BCUT2D eigenvalue weighted by molar-refractivity contribution is 5.87. The molecule has 1 unspecified atom stereocenters. The predicted molar refractivity (Wildman–Crippen MR) is 71.4 cm³/mol. The number of carbonyl (C=O) groups is 1. The van der Waals surface area contributed by atoms with Crippen molar-refractivity contribution < 1.29 is 4.79 Å². The first-order valence-corrected chi connectivity index (χ1v) is 6.28. The summed E-state index contributed by atoms with van der Waals surface area (Å²) in [5.41, 5.74) is 1.97. The van der Waals surface area contributed by atoms with Crippen molar-refractivity contribution in [2.24, 2.45) is 5.92 Å². The van der Waals surface area contributed by atoms with Gasteiger partial charge >= 0.3 is 0 Å². The van der Waals surface area contributed by atoms with Gasteiger partial charge in [0.05, 0.1) is 0 Å². The van der Waals surface area contributed by atoms with Crippen molar-refractivity contribution in [2.75, 3.05) is 0 Å². The van der Waals surface area contributed by atoms with E-state index >= 15 is 0 Å². The average molecular weight is 229 g/mol. The van der Waals surface area contributed by atoms with Crippen LogP contribution in [0.2, 0.25) is 0 Å². The number of rotatable bonds is 5. The molecule has 0 saturated heterocycles. The Labute approximate surface area is 102 Å². The van der Waals surface area contributed by atoms with Gasteiger partial charge in [0.15, 0.2) is 0 Å². The molecule has 0 radical (unpaired) electrons. The van der Waals surface area contributed by atoms with Crippen molar-refractivity contribution in [2.45, 2.75) is 33.2 Å². The van der Waals surface area contributed by atoms with Crippen LogP contribution in [0.1, 0.15) is 37.0 Å². The molecular formula is C15H19NO. The lowest BCUT2D eigenvalue weighted by Crippen LogP contribution is -2.06. The Kier molecular flexibility index (Phi) is 3.62. The van der Waals surface area contributed by atoms with Crippen LogP contribution in [0, 0.1) is 5.92 Å². The Hall–Kier alpha value is -1.57. The van der Waals surface area contributed by atoms with Crippen LogP contribution in [-0.4, -0.2) is 10.9 Å². The maximum atomic E-state index is 10.7. The minimum atomic E-state index is 0.696. The molecule has 2 aromatic rings. The van der Waals surface area contributed by atoms with Gasteiger partial charge in [-0.2, -0.15) is 0 Å². The number of hydrogen-bond acceptors (Lipinski definition) is 1. The van der Waals surface area contributed by atoms with E-state index in [0.29, 0.717) is 5.92 Å². The molecule has 0 saturated carbocycles. The molecule has 17 heavy (non-hydrogen) atoms. The van der Waals surface area contributed by atoms with E-state index in [1.807, 2.05) is 18.2 Å². The van der Waals surface area contributed by atoms with E-state index in [-0.39, 0.29) is 0 Å². The zero-order valence-electron chi connectivity index (χ0n) is 10.5. The summed E-state index contributed by atoms with van der Waals surface area (Å²) in [4.78, 5) is 10.7. The van der Waals surface area contributed by atoms with Crippen molar-refractivity contribution in [3.8, 4) is 0 Å². The molecule has 0 amide bonds. The van der Waals surface area contributed by atoms with E-state index in [2.05, 4.69) is 30.7 Å².